The van der Waals surface area contributed by atoms with Gasteiger partial charge in [0.25, 0.3) is 5.91 Å². The van der Waals surface area contributed by atoms with Crippen LogP contribution in [0.25, 0.3) is 0 Å². The number of piperidine rings is 1. The number of aromatic nitrogens is 2. The lowest BCUT2D eigenvalue weighted by Crippen LogP contribution is -2.40. The van der Waals surface area contributed by atoms with Gasteiger partial charge in [0.05, 0.1) is 18.7 Å². The minimum absolute atomic E-state index is 0.116. The van der Waals surface area contributed by atoms with Crippen LogP contribution in [0.3, 0.4) is 0 Å². The first kappa shape index (κ1) is 13.4. The van der Waals surface area contributed by atoms with Crippen LogP contribution in [0, 0.1) is 5.92 Å². The van der Waals surface area contributed by atoms with Gasteiger partial charge in [-0.25, -0.2) is 0 Å². The summed E-state index contributed by atoms with van der Waals surface area (Å²) in [6, 6.07) is 0. The Hall–Kier alpha value is -2.05. The van der Waals surface area contributed by atoms with Crippen molar-refractivity contribution in [1.82, 2.24) is 14.7 Å². The van der Waals surface area contributed by atoms with Crippen molar-refractivity contribution >= 4 is 17.6 Å². The van der Waals surface area contributed by atoms with Crippen LogP contribution in [0.15, 0.2) is 6.20 Å². The molecule has 0 saturated carbocycles. The molecule has 1 aromatic rings. The van der Waals surface area contributed by atoms with E-state index in [0.717, 1.165) is 0 Å². The zero-order valence-corrected chi connectivity index (χ0v) is 11.1. The molecule has 1 fully saturated rings. The van der Waals surface area contributed by atoms with Crippen LogP contribution in [0.1, 0.15) is 23.3 Å². The van der Waals surface area contributed by atoms with Crippen molar-refractivity contribution in [2.75, 3.05) is 25.9 Å². The maximum atomic E-state index is 12.2. The average molecular weight is 266 g/mol. The first-order chi connectivity index (χ1) is 9.02. The van der Waals surface area contributed by atoms with Crippen molar-refractivity contribution in [2.45, 2.75) is 12.8 Å². The maximum absolute atomic E-state index is 12.2. The number of aryl methyl sites for hydroxylation is 1. The highest BCUT2D eigenvalue weighted by molar-refractivity contribution is 5.97. The quantitative estimate of drug-likeness (QED) is 0.762. The third-order valence-electron chi connectivity index (χ3n) is 3.38. The van der Waals surface area contributed by atoms with E-state index in [2.05, 4.69) is 5.10 Å². The van der Waals surface area contributed by atoms with E-state index in [1.54, 1.807) is 18.1 Å². The summed E-state index contributed by atoms with van der Waals surface area (Å²) in [5.41, 5.74) is 6.40. The summed E-state index contributed by atoms with van der Waals surface area (Å²) in [6.45, 7) is 1.04. The van der Waals surface area contributed by atoms with Gasteiger partial charge in [0, 0.05) is 26.3 Å². The number of nitrogens with zero attached hydrogens (tertiary/aromatic N) is 3. The zero-order chi connectivity index (χ0) is 14.0. The zero-order valence-electron chi connectivity index (χ0n) is 11.1. The predicted molar refractivity (Wildman–Crippen MR) is 68.3 cm³/mol. The van der Waals surface area contributed by atoms with Gasteiger partial charge in [-0.05, 0) is 12.8 Å². The molecule has 0 aromatic carbocycles. The number of nitrogens with two attached hydrogens (primary N) is 1. The number of carbonyl (C=O) groups is 2. The molecule has 7 heteroatoms. The molecule has 1 aromatic heterocycles. The number of likely N-dealkylation sites (tertiary alicyclic amines) is 1. The van der Waals surface area contributed by atoms with Crippen LogP contribution >= 0.6 is 0 Å². The summed E-state index contributed by atoms with van der Waals surface area (Å²) in [4.78, 5) is 25.3. The summed E-state index contributed by atoms with van der Waals surface area (Å²) < 4.78 is 6.23. The van der Waals surface area contributed by atoms with Crippen molar-refractivity contribution in [2.24, 2.45) is 13.0 Å². The van der Waals surface area contributed by atoms with Crippen LogP contribution in [0.2, 0.25) is 0 Å². The van der Waals surface area contributed by atoms with Gasteiger partial charge in [-0.15, -0.1) is 0 Å². The Bertz CT molecular complexity index is 489. The Morgan fingerprint density at radius 3 is 2.53 bits per heavy atom. The van der Waals surface area contributed by atoms with Crippen LogP contribution < -0.4 is 5.73 Å². The molecule has 2 rings (SSSR count). The van der Waals surface area contributed by atoms with Gasteiger partial charge in [0.2, 0.25) is 0 Å². The molecular weight excluding hydrogens is 248 g/mol. The molecule has 1 aliphatic rings. The summed E-state index contributed by atoms with van der Waals surface area (Å²) >= 11 is 0. The largest absolute Gasteiger partial charge is 0.469 e. The van der Waals surface area contributed by atoms with Gasteiger partial charge in [-0.1, -0.05) is 0 Å². The number of hydrogen-bond acceptors (Lipinski definition) is 5. The molecule has 7 nitrogen and oxygen atoms in total. The monoisotopic (exact) mass is 266 g/mol. The average Bonchev–Trinajstić information content (AvgIpc) is 2.76. The molecule has 0 aliphatic carbocycles. The number of methoxy groups -OCH3 is 1. The number of carbonyl (C=O) groups excluding carboxylic acids is 2. The van der Waals surface area contributed by atoms with Gasteiger partial charge >= 0.3 is 5.97 Å². The highest BCUT2D eigenvalue weighted by Gasteiger charge is 2.29. The molecule has 0 atom stereocenters. The van der Waals surface area contributed by atoms with E-state index >= 15 is 0 Å². The summed E-state index contributed by atoms with van der Waals surface area (Å²) in [7, 11) is 3.10. The summed E-state index contributed by atoms with van der Waals surface area (Å²) in [5, 5.41) is 4.06. The SMILES string of the molecule is COC(=O)C1CCN(C(=O)c2nn(C)cc2N)CC1. The van der Waals surface area contributed by atoms with Crippen molar-refractivity contribution < 1.29 is 14.3 Å². The van der Waals surface area contributed by atoms with E-state index in [1.165, 1.54) is 11.8 Å². The van der Waals surface area contributed by atoms with Crippen LogP contribution in [0.5, 0.6) is 0 Å². The van der Waals surface area contributed by atoms with Gasteiger partial charge in [0.1, 0.15) is 0 Å². The third-order valence-corrected chi connectivity index (χ3v) is 3.38. The number of esters is 1. The van der Waals surface area contributed by atoms with E-state index in [-0.39, 0.29) is 23.5 Å². The highest BCUT2D eigenvalue weighted by Crippen LogP contribution is 2.21. The Morgan fingerprint density at radius 1 is 1.42 bits per heavy atom. The first-order valence-corrected chi connectivity index (χ1v) is 6.19. The lowest BCUT2D eigenvalue weighted by Gasteiger charge is -2.30. The molecule has 1 amide bonds. The number of amides is 1. The molecule has 0 spiro atoms. The van der Waals surface area contributed by atoms with Crippen molar-refractivity contribution in [3.8, 4) is 0 Å². The Morgan fingerprint density at radius 2 is 2.05 bits per heavy atom. The summed E-state index contributed by atoms with van der Waals surface area (Å²) in [6.07, 6.45) is 2.84. The van der Waals surface area contributed by atoms with E-state index < -0.39 is 0 Å². The second kappa shape index (κ2) is 5.29. The molecule has 0 bridgehead atoms. The predicted octanol–water partition coefficient (Wildman–Crippen LogP) is 0.0275. The van der Waals surface area contributed by atoms with E-state index in [1.807, 2.05) is 0 Å². The minimum atomic E-state index is -0.204. The molecule has 19 heavy (non-hydrogen) atoms. The van der Waals surface area contributed by atoms with Gasteiger partial charge in [-0.2, -0.15) is 5.10 Å². The van der Waals surface area contributed by atoms with Gasteiger partial charge in [-0.3, -0.25) is 14.3 Å². The third kappa shape index (κ3) is 2.69. The van der Waals surface area contributed by atoms with E-state index in [9.17, 15) is 9.59 Å². The van der Waals surface area contributed by atoms with Crippen LogP contribution in [0.4, 0.5) is 5.69 Å². The smallest absolute Gasteiger partial charge is 0.308 e. The number of ether oxygens (including phenoxy) is 1. The molecule has 0 unspecified atom stereocenters. The Labute approximate surface area is 111 Å². The molecule has 1 aliphatic heterocycles. The fourth-order valence-electron chi connectivity index (χ4n) is 2.31. The lowest BCUT2D eigenvalue weighted by atomic mass is 9.97. The second-order valence-corrected chi connectivity index (χ2v) is 4.70. The number of nitrogen functional groups attached to an aromatic ring is 1. The second-order valence-electron chi connectivity index (χ2n) is 4.70. The normalized spacial score (nSPS) is 16.4. The van der Waals surface area contributed by atoms with E-state index in [0.29, 0.717) is 31.6 Å². The molecule has 0 radical (unpaired) electrons. The lowest BCUT2D eigenvalue weighted by molar-refractivity contribution is -0.146. The first-order valence-electron chi connectivity index (χ1n) is 6.19. The number of rotatable bonds is 2. The number of hydrogen-bond donors (Lipinski definition) is 1. The van der Waals surface area contributed by atoms with Gasteiger partial charge in [0.15, 0.2) is 5.69 Å². The molecule has 104 valence electrons. The summed E-state index contributed by atoms with van der Waals surface area (Å²) in [5.74, 6) is -0.499. The fourth-order valence-corrected chi connectivity index (χ4v) is 2.31. The minimum Gasteiger partial charge on any atom is -0.469 e. The standard InChI is InChI=1S/C12H18N4O3/c1-15-7-9(13)10(14-15)11(17)16-5-3-8(4-6-16)12(18)19-2/h7-8H,3-6,13H2,1-2H3. The molecular formula is C12H18N4O3. The number of anilines is 1. The van der Waals surface area contributed by atoms with Gasteiger partial charge < -0.3 is 15.4 Å². The Balaban J connectivity index is 2.00. The van der Waals surface area contributed by atoms with Crippen molar-refractivity contribution in [3.05, 3.63) is 11.9 Å². The Kier molecular flexibility index (Phi) is 3.73. The van der Waals surface area contributed by atoms with E-state index in [4.69, 9.17) is 10.5 Å². The van der Waals surface area contributed by atoms with Crippen LogP contribution in [-0.2, 0) is 16.6 Å². The van der Waals surface area contributed by atoms with Crippen LogP contribution in [-0.4, -0.2) is 46.8 Å². The fraction of sp³-hybridized carbons (Fsp3) is 0.583. The maximum Gasteiger partial charge on any atom is 0.308 e. The molecule has 2 N–H and O–H groups in total. The van der Waals surface area contributed by atoms with Crippen molar-refractivity contribution in [1.29, 1.82) is 0 Å². The molecule has 1 saturated heterocycles. The van der Waals surface area contributed by atoms with Crippen molar-refractivity contribution in [3.63, 3.8) is 0 Å². The highest BCUT2D eigenvalue weighted by atomic mass is 16.5. The molecule has 2 heterocycles. The topological polar surface area (TPSA) is 90.5 Å².